The van der Waals surface area contributed by atoms with Crippen molar-refractivity contribution in [3.8, 4) is 0 Å². The van der Waals surface area contributed by atoms with Crippen molar-refractivity contribution in [3.05, 3.63) is 18.2 Å². The molecule has 99 valence electrons. The summed E-state index contributed by atoms with van der Waals surface area (Å²) in [6, 6.07) is 3.36. The summed E-state index contributed by atoms with van der Waals surface area (Å²) in [6.07, 6.45) is 0. The van der Waals surface area contributed by atoms with Gasteiger partial charge in [0, 0.05) is 13.0 Å². The van der Waals surface area contributed by atoms with E-state index in [1.54, 1.807) is 0 Å². The minimum atomic E-state index is -4.77. The number of hydrogen-bond acceptors (Lipinski definition) is 5. The van der Waals surface area contributed by atoms with Crippen molar-refractivity contribution in [2.24, 2.45) is 0 Å². The highest BCUT2D eigenvalue weighted by molar-refractivity contribution is 7.86. The van der Waals surface area contributed by atoms with Crippen molar-refractivity contribution >= 4 is 31.8 Å². The van der Waals surface area contributed by atoms with Gasteiger partial charge in [0.2, 0.25) is 5.91 Å². The minimum absolute atomic E-state index is 0.350. The average molecular weight is 294 g/mol. The van der Waals surface area contributed by atoms with Gasteiger partial charge in [-0.15, -0.1) is 0 Å². The van der Waals surface area contributed by atoms with Gasteiger partial charge < -0.3 is 5.32 Å². The lowest BCUT2D eigenvalue weighted by molar-refractivity contribution is -0.114. The second-order valence-electron chi connectivity index (χ2n) is 3.21. The minimum Gasteiger partial charge on any atom is -0.325 e. The lowest BCUT2D eigenvalue weighted by Crippen LogP contribution is -2.12. The Kier molecular flexibility index (Phi) is 3.76. The van der Waals surface area contributed by atoms with Crippen LogP contribution in [0.5, 0.6) is 0 Å². The molecule has 1 radical (unpaired) electrons. The molecule has 0 aliphatic heterocycles. The molecule has 8 nitrogen and oxygen atoms in total. The highest BCUT2D eigenvalue weighted by atomic mass is 32.2. The van der Waals surface area contributed by atoms with Crippen molar-refractivity contribution in [2.75, 3.05) is 5.32 Å². The SMILES string of the molecule is CC(=O)Nc1c[c]c(S(=O)(=O)O)cc1S(=O)(=O)O. The van der Waals surface area contributed by atoms with Crippen LogP contribution in [0.3, 0.4) is 0 Å². The molecule has 1 aromatic carbocycles. The molecule has 1 amide bonds. The topological polar surface area (TPSA) is 138 Å². The molecule has 0 unspecified atom stereocenters. The van der Waals surface area contributed by atoms with E-state index in [1.807, 2.05) is 0 Å². The number of nitrogens with one attached hydrogen (secondary N) is 1. The third kappa shape index (κ3) is 3.50. The van der Waals surface area contributed by atoms with Crippen molar-refractivity contribution in [3.63, 3.8) is 0 Å². The van der Waals surface area contributed by atoms with E-state index in [0.717, 1.165) is 13.0 Å². The van der Waals surface area contributed by atoms with Gasteiger partial charge in [-0.25, -0.2) is 0 Å². The number of carbonyl (C=O) groups is 1. The van der Waals surface area contributed by atoms with Crippen LogP contribution in [0, 0.1) is 6.07 Å². The van der Waals surface area contributed by atoms with Crippen LogP contribution in [0.1, 0.15) is 6.92 Å². The average Bonchev–Trinajstić information content (AvgIpc) is 2.13. The first-order valence-electron chi connectivity index (χ1n) is 4.30. The molecule has 1 aromatic rings. The van der Waals surface area contributed by atoms with E-state index in [9.17, 15) is 21.6 Å². The Morgan fingerprint density at radius 2 is 1.78 bits per heavy atom. The second-order valence-corrected chi connectivity index (χ2v) is 5.99. The zero-order valence-corrected chi connectivity index (χ0v) is 10.5. The Morgan fingerprint density at radius 3 is 2.17 bits per heavy atom. The molecule has 0 aromatic heterocycles. The normalized spacial score (nSPS) is 12.2. The van der Waals surface area contributed by atoms with Crippen molar-refractivity contribution in [2.45, 2.75) is 16.7 Å². The summed E-state index contributed by atoms with van der Waals surface area (Å²) in [4.78, 5) is 9.10. The van der Waals surface area contributed by atoms with E-state index in [1.165, 1.54) is 0 Å². The number of amides is 1. The van der Waals surface area contributed by atoms with Gasteiger partial charge in [0.15, 0.2) is 0 Å². The van der Waals surface area contributed by atoms with Gasteiger partial charge in [-0.05, 0) is 12.1 Å². The Bertz CT molecular complexity index is 690. The summed E-state index contributed by atoms with van der Waals surface area (Å²) in [5, 5.41) is 2.07. The van der Waals surface area contributed by atoms with Gasteiger partial charge >= 0.3 is 0 Å². The van der Waals surface area contributed by atoms with Gasteiger partial charge in [0.1, 0.15) is 9.79 Å². The molecule has 1 rings (SSSR count). The Balaban J connectivity index is 3.54. The summed E-state index contributed by atoms with van der Waals surface area (Å²) >= 11 is 0. The number of hydrogen-bond donors (Lipinski definition) is 3. The van der Waals surface area contributed by atoms with Crippen LogP contribution in [0.25, 0.3) is 0 Å². The molecular weight excluding hydrogens is 286 g/mol. The quantitative estimate of drug-likeness (QED) is 0.664. The van der Waals surface area contributed by atoms with Crippen LogP contribution in [0.2, 0.25) is 0 Å². The number of carbonyl (C=O) groups excluding carboxylic acids is 1. The molecular formula is C8H8NO7S2. The van der Waals surface area contributed by atoms with Crippen LogP contribution in [-0.4, -0.2) is 31.8 Å². The molecule has 3 N–H and O–H groups in total. The largest absolute Gasteiger partial charge is 0.325 e. The maximum Gasteiger partial charge on any atom is 0.296 e. The summed E-state index contributed by atoms with van der Waals surface area (Å²) in [7, 11) is -9.45. The summed E-state index contributed by atoms with van der Waals surface area (Å²) in [6.45, 7) is 1.09. The highest BCUT2D eigenvalue weighted by Gasteiger charge is 2.21. The third-order valence-corrected chi connectivity index (χ3v) is 3.44. The van der Waals surface area contributed by atoms with Gasteiger partial charge in [0.05, 0.1) is 5.69 Å². The zero-order valence-electron chi connectivity index (χ0n) is 8.91. The molecule has 10 heteroatoms. The number of benzene rings is 1. The molecule has 0 saturated carbocycles. The Morgan fingerprint density at radius 1 is 1.22 bits per heavy atom. The summed E-state index contributed by atoms with van der Waals surface area (Å²) < 4.78 is 61.3. The van der Waals surface area contributed by atoms with Crippen molar-refractivity contribution in [1.29, 1.82) is 0 Å². The lowest BCUT2D eigenvalue weighted by atomic mass is 10.3. The van der Waals surface area contributed by atoms with Crippen molar-refractivity contribution < 1.29 is 30.7 Å². The molecule has 0 atom stereocenters. The van der Waals surface area contributed by atoms with E-state index in [0.29, 0.717) is 6.07 Å². The molecule has 0 saturated heterocycles. The fourth-order valence-corrected chi connectivity index (χ4v) is 2.31. The Hall–Kier alpha value is -1.49. The van der Waals surface area contributed by atoms with Gasteiger partial charge in [-0.2, -0.15) is 16.8 Å². The first kappa shape index (κ1) is 14.6. The van der Waals surface area contributed by atoms with E-state index in [2.05, 4.69) is 11.4 Å². The molecule has 0 heterocycles. The molecule has 0 fully saturated rings. The van der Waals surface area contributed by atoms with E-state index in [-0.39, 0.29) is 5.69 Å². The van der Waals surface area contributed by atoms with E-state index in [4.69, 9.17) is 9.11 Å². The monoisotopic (exact) mass is 294 g/mol. The fourth-order valence-electron chi connectivity index (χ4n) is 1.10. The van der Waals surface area contributed by atoms with Crippen LogP contribution >= 0.6 is 0 Å². The lowest BCUT2D eigenvalue weighted by Gasteiger charge is -2.08. The molecule has 0 aliphatic rings. The van der Waals surface area contributed by atoms with Crippen LogP contribution in [0.15, 0.2) is 21.9 Å². The van der Waals surface area contributed by atoms with E-state index < -0.39 is 35.9 Å². The van der Waals surface area contributed by atoms with Crippen LogP contribution in [0.4, 0.5) is 5.69 Å². The summed E-state index contributed by atoms with van der Waals surface area (Å²) in [5.74, 6) is -0.632. The van der Waals surface area contributed by atoms with E-state index >= 15 is 0 Å². The Labute approximate surface area is 103 Å². The highest BCUT2D eigenvalue weighted by Crippen LogP contribution is 2.24. The fraction of sp³-hybridized carbons (Fsp3) is 0.125. The molecule has 18 heavy (non-hydrogen) atoms. The molecule has 0 bridgehead atoms. The standard InChI is InChI=1S/C8H8NO7S2/c1-5(10)9-7-3-2-6(17(11,12)13)4-8(7)18(14,15)16/h3-4H,1H3,(H,9,10)(H,11,12,13)(H,14,15,16). The second kappa shape index (κ2) is 4.65. The van der Waals surface area contributed by atoms with Crippen LogP contribution < -0.4 is 5.32 Å². The molecule has 0 aliphatic carbocycles. The van der Waals surface area contributed by atoms with Crippen LogP contribution in [-0.2, 0) is 25.0 Å². The number of anilines is 1. The predicted octanol–water partition coefficient (Wildman–Crippen LogP) is -0.0614. The van der Waals surface area contributed by atoms with Gasteiger partial charge in [0.25, 0.3) is 20.2 Å². The van der Waals surface area contributed by atoms with Gasteiger partial charge in [-0.3, -0.25) is 13.9 Å². The van der Waals surface area contributed by atoms with Gasteiger partial charge in [-0.1, -0.05) is 0 Å². The molecule has 0 spiro atoms. The predicted molar refractivity (Wildman–Crippen MR) is 59.2 cm³/mol. The number of rotatable bonds is 3. The third-order valence-electron chi connectivity index (χ3n) is 1.75. The smallest absolute Gasteiger partial charge is 0.296 e. The zero-order chi connectivity index (χ0) is 14.1. The first-order valence-corrected chi connectivity index (χ1v) is 7.18. The maximum absolute atomic E-state index is 11.0. The first-order chi connectivity index (χ1) is 8.01. The van der Waals surface area contributed by atoms with Crippen molar-refractivity contribution in [1.82, 2.24) is 0 Å². The summed E-state index contributed by atoms with van der Waals surface area (Å²) in [5.41, 5.74) is -0.350. The maximum atomic E-state index is 11.0.